The maximum atomic E-state index is 12.9. The average Bonchev–Trinajstić information content (AvgIpc) is 3.54. The predicted molar refractivity (Wildman–Crippen MR) is 117 cm³/mol. The van der Waals surface area contributed by atoms with E-state index < -0.39 is 5.41 Å². The first-order valence-corrected chi connectivity index (χ1v) is 10.2. The molecule has 1 aliphatic carbocycles. The molecule has 6 nitrogen and oxygen atoms in total. The van der Waals surface area contributed by atoms with E-state index >= 15 is 0 Å². The molecule has 0 heterocycles. The van der Waals surface area contributed by atoms with Gasteiger partial charge in [-0.1, -0.05) is 12.1 Å². The van der Waals surface area contributed by atoms with Crippen molar-refractivity contribution in [3.05, 3.63) is 48.5 Å². The Morgan fingerprint density at radius 3 is 2.14 bits per heavy atom. The monoisotopic (exact) mass is 395 g/mol. The highest BCUT2D eigenvalue weighted by atomic mass is 16.5. The van der Waals surface area contributed by atoms with E-state index in [1.807, 2.05) is 43.3 Å². The molecule has 154 valence electrons. The SMILES string of the molecule is CCOc1ccccc1NC(=O)C1(C(=O)Nc2ccc(N(CC)CC)cc2)CC1. The van der Waals surface area contributed by atoms with E-state index in [0.29, 0.717) is 36.6 Å². The van der Waals surface area contributed by atoms with Crippen LogP contribution in [0.25, 0.3) is 0 Å². The first-order valence-electron chi connectivity index (χ1n) is 10.2. The summed E-state index contributed by atoms with van der Waals surface area (Å²) in [5, 5.41) is 5.78. The summed E-state index contributed by atoms with van der Waals surface area (Å²) in [5.74, 6) is 0.0490. The van der Waals surface area contributed by atoms with Crippen molar-refractivity contribution in [1.82, 2.24) is 0 Å². The maximum Gasteiger partial charge on any atom is 0.240 e. The molecule has 2 amide bonds. The molecule has 2 aromatic carbocycles. The van der Waals surface area contributed by atoms with E-state index in [4.69, 9.17) is 4.74 Å². The number of nitrogens with zero attached hydrogens (tertiary/aromatic N) is 1. The van der Waals surface area contributed by atoms with Crippen molar-refractivity contribution < 1.29 is 14.3 Å². The van der Waals surface area contributed by atoms with Crippen molar-refractivity contribution in [2.24, 2.45) is 5.41 Å². The summed E-state index contributed by atoms with van der Waals surface area (Å²) in [6.45, 7) is 8.46. The number of carbonyl (C=O) groups excluding carboxylic acids is 2. The molecule has 0 atom stereocenters. The molecule has 1 aliphatic rings. The van der Waals surface area contributed by atoms with Crippen molar-refractivity contribution >= 4 is 28.9 Å². The van der Waals surface area contributed by atoms with Crippen molar-refractivity contribution in [1.29, 1.82) is 0 Å². The van der Waals surface area contributed by atoms with Gasteiger partial charge in [0.05, 0.1) is 12.3 Å². The van der Waals surface area contributed by atoms with Crippen LogP contribution in [0.15, 0.2) is 48.5 Å². The molecule has 0 spiro atoms. The Kier molecular flexibility index (Phi) is 6.42. The molecule has 6 heteroatoms. The third-order valence-electron chi connectivity index (χ3n) is 5.31. The van der Waals surface area contributed by atoms with Crippen LogP contribution < -0.4 is 20.3 Å². The summed E-state index contributed by atoms with van der Waals surface area (Å²) >= 11 is 0. The van der Waals surface area contributed by atoms with E-state index in [2.05, 4.69) is 29.4 Å². The van der Waals surface area contributed by atoms with Crippen molar-refractivity contribution in [3.8, 4) is 5.75 Å². The lowest BCUT2D eigenvalue weighted by molar-refractivity contribution is -0.131. The number of benzene rings is 2. The van der Waals surface area contributed by atoms with Gasteiger partial charge in [-0.25, -0.2) is 0 Å². The highest BCUT2D eigenvalue weighted by Crippen LogP contribution is 2.48. The van der Waals surface area contributed by atoms with Crippen LogP contribution in [0.5, 0.6) is 5.75 Å². The van der Waals surface area contributed by atoms with Gasteiger partial charge in [-0.3, -0.25) is 9.59 Å². The van der Waals surface area contributed by atoms with Crippen LogP contribution in [0, 0.1) is 5.41 Å². The Hall–Kier alpha value is -3.02. The number of amides is 2. The third-order valence-corrected chi connectivity index (χ3v) is 5.31. The van der Waals surface area contributed by atoms with Gasteiger partial charge >= 0.3 is 0 Å². The third kappa shape index (κ3) is 4.53. The van der Waals surface area contributed by atoms with Gasteiger partial charge in [0.25, 0.3) is 0 Å². The highest BCUT2D eigenvalue weighted by molar-refractivity contribution is 6.17. The van der Waals surface area contributed by atoms with Crippen LogP contribution in [0.3, 0.4) is 0 Å². The standard InChI is InChI=1S/C23H29N3O3/c1-4-26(5-2)18-13-11-17(12-14-18)24-21(27)23(15-16-23)22(28)25-19-9-7-8-10-20(19)29-6-3/h7-14H,4-6,15-16H2,1-3H3,(H,24,27)(H,25,28). The number of nitrogens with one attached hydrogen (secondary N) is 2. The first kappa shape index (κ1) is 20.7. The minimum atomic E-state index is -1.02. The topological polar surface area (TPSA) is 70.7 Å². The Labute approximate surface area is 172 Å². The van der Waals surface area contributed by atoms with Crippen LogP contribution in [-0.2, 0) is 9.59 Å². The molecule has 0 aromatic heterocycles. The molecule has 0 unspecified atom stereocenters. The van der Waals surface area contributed by atoms with Gasteiger partial charge in [-0.05, 0) is 70.0 Å². The zero-order valence-corrected chi connectivity index (χ0v) is 17.3. The fourth-order valence-corrected chi connectivity index (χ4v) is 3.37. The summed E-state index contributed by atoms with van der Waals surface area (Å²) in [4.78, 5) is 28.0. The molecule has 0 radical (unpaired) electrons. The van der Waals surface area contributed by atoms with Crippen LogP contribution in [-0.4, -0.2) is 31.5 Å². The van der Waals surface area contributed by atoms with Crippen LogP contribution in [0.1, 0.15) is 33.6 Å². The maximum absolute atomic E-state index is 12.9. The average molecular weight is 396 g/mol. The quantitative estimate of drug-likeness (QED) is 0.622. The lowest BCUT2D eigenvalue weighted by Crippen LogP contribution is -2.35. The number of ether oxygens (including phenoxy) is 1. The Morgan fingerprint density at radius 1 is 0.931 bits per heavy atom. The van der Waals surface area contributed by atoms with Gasteiger partial charge in [-0.15, -0.1) is 0 Å². The van der Waals surface area contributed by atoms with E-state index in [1.54, 1.807) is 12.1 Å². The van der Waals surface area contributed by atoms with Crippen molar-refractivity contribution in [2.45, 2.75) is 33.6 Å². The Balaban J connectivity index is 1.67. The lowest BCUT2D eigenvalue weighted by atomic mass is 10.0. The molecular weight excluding hydrogens is 366 g/mol. The summed E-state index contributed by atoms with van der Waals surface area (Å²) in [6, 6.07) is 15.0. The van der Waals surface area contributed by atoms with Crippen LogP contribution >= 0.6 is 0 Å². The predicted octanol–water partition coefficient (Wildman–Crippen LogP) is 4.29. The molecule has 29 heavy (non-hydrogen) atoms. The molecule has 2 aromatic rings. The molecule has 3 rings (SSSR count). The first-order chi connectivity index (χ1) is 14.0. The number of carbonyl (C=O) groups is 2. The van der Waals surface area contributed by atoms with Gasteiger partial charge < -0.3 is 20.3 Å². The molecule has 0 aliphatic heterocycles. The van der Waals surface area contributed by atoms with Gasteiger partial charge in [0.2, 0.25) is 11.8 Å². The summed E-state index contributed by atoms with van der Waals surface area (Å²) in [5.41, 5.74) is 1.37. The second-order valence-corrected chi connectivity index (χ2v) is 7.14. The van der Waals surface area contributed by atoms with Crippen LogP contribution in [0.4, 0.5) is 17.1 Å². The van der Waals surface area contributed by atoms with Crippen LogP contribution in [0.2, 0.25) is 0 Å². The minimum Gasteiger partial charge on any atom is -0.492 e. The zero-order chi connectivity index (χ0) is 20.9. The fourth-order valence-electron chi connectivity index (χ4n) is 3.37. The fraction of sp³-hybridized carbons (Fsp3) is 0.391. The second kappa shape index (κ2) is 8.99. The van der Waals surface area contributed by atoms with Crippen molar-refractivity contribution in [2.75, 3.05) is 35.2 Å². The number of hydrogen-bond donors (Lipinski definition) is 2. The van der Waals surface area contributed by atoms with E-state index in [0.717, 1.165) is 18.8 Å². The smallest absolute Gasteiger partial charge is 0.240 e. The van der Waals surface area contributed by atoms with E-state index in [-0.39, 0.29) is 11.8 Å². The number of para-hydroxylation sites is 2. The zero-order valence-electron chi connectivity index (χ0n) is 17.3. The highest BCUT2D eigenvalue weighted by Gasteiger charge is 2.56. The molecule has 1 saturated carbocycles. The minimum absolute atomic E-state index is 0.264. The van der Waals surface area contributed by atoms with Crippen molar-refractivity contribution in [3.63, 3.8) is 0 Å². The molecule has 1 fully saturated rings. The Morgan fingerprint density at radius 2 is 1.55 bits per heavy atom. The van der Waals surface area contributed by atoms with Gasteiger partial charge in [0.15, 0.2) is 0 Å². The Bertz CT molecular complexity index is 856. The molecular formula is C23H29N3O3. The molecule has 0 saturated heterocycles. The summed E-state index contributed by atoms with van der Waals surface area (Å²) in [7, 11) is 0. The molecule has 0 bridgehead atoms. The number of hydrogen-bond acceptors (Lipinski definition) is 4. The van der Waals surface area contributed by atoms with E-state index in [9.17, 15) is 9.59 Å². The number of rotatable bonds is 9. The van der Waals surface area contributed by atoms with E-state index in [1.165, 1.54) is 0 Å². The second-order valence-electron chi connectivity index (χ2n) is 7.14. The van der Waals surface area contributed by atoms with Gasteiger partial charge in [-0.2, -0.15) is 0 Å². The van der Waals surface area contributed by atoms with Gasteiger partial charge in [0.1, 0.15) is 11.2 Å². The normalized spacial score (nSPS) is 14.0. The number of anilines is 3. The largest absolute Gasteiger partial charge is 0.492 e. The summed E-state index contributed by atoms with van der Waals surface area (Å²) in [6.07, 6.45) is 1.08. The van der Waals surface area contributed by atoms with Gasteiger partial charge in [0, 0.05) is 24.5 Å². The molecule has 2 N–H and O–H groups in total. The lowest BCUT2D eigenvalue weighted by Gasteiger charge is -2.21. The summed E-state index contributed by atoms with van der Waals surface area (Å²) < 4.78 is 5.56.